The summed E-state index contributed by atoms with van der Waals surface area (Å²) < 4.78 is 5.29. The zero-order valence-corrected chi connectivity index (χ0v) is 14.9. The van der Waals surface area contributed by atoms with Crippen LogP contribution in [0.2, 0.25) is 0 Å². The van der Waals surface area contributed by atoms with Gasteiger partial charge in [0.1, 0.15) is 11.3 Å². The van der Waals surface area contributed by atoms with Crippen molar-refractivity contribution < 1.29 is 9.53 Å². The Hall–Kier alpha value is -2.59. The van der Waals surface area contributed by atoms with Gasteiger partial charge in [-0.3, -0.25) is 5.43 Å². The third-order valence-electron chi connectivity index (χ3n) is 4.01. The molecular weight excluding hydrogens is 342 g/mol. The maximum absolute atomic E-state index is 12.1. The van der Waals surface area contributed by atoms with Crippen LogP contribution in [0, 0.1) is 0 Å². The number of hydrogen-bond acceptors (Lipinski definition) is 5. The van der Waals surface area contributed by atoms with Crippen molar-refractivity contribution in [2.45, 2.75) is 0 Å². The summed E-state index contributed by atoms with van der Waals surface area (Å²) in [7, 11) is 3.64. The number of ether oxygens (including phenoxy) is 1. The molecule has 2 amide bonds. The molecule has 0 unspecified atom stereocenters. The molecule has 1 aliphatic rings. The van der Waals surface area contributed by atoms with E-state index in [0.717, 1.165) is 24.1 Å². The number of aromatic nitrogens is 2. The number of fused-ring (bicyclic) bond motifs is 1. The van der Waals surface area contributed by atoms with Gasteiger partial charge in [0.05, 0.1) is 12.6 Å². The summed E-state index contributed by atoms with van der Waals surface area (Å²) in [6, 6.07) is 5.37. The number of carbonyl (C=O) groups is 1. The van der Waals surface area contributed by atoms with Crippen LogP contribution in [0.25, 0.3) is 11.0 Å². The minimum Gasteiger partial charge on any atom is -0.494 e. The van der Waals surface area contributed by atoms with Gasteiger partial charge in [0.15, 0.2) is 5.11 Å². The number of nitrogens with zero attached hydrogens (tertiary/aromatic N) is 3. The van der Waals surface area contributed by atoms with Crippen LogP contribution in [-0.4, -0.2) is 71.2 Å². The number of H-pyrrole nitrogens is 1. The molecule has 0 bridgehead atoms. The summed E-state index contributed by atoms with van der Waals surface area (Å²) in [4.78, 5) is 23.5. The van der Waals surface area contributed by atoms with Crippen molar-refractivity contribution in [3.05, 3.63) is 18.2 Å². The molecule has 1 fully saturated rings. The molecule has 25 heavy (non-hydrogen) atoms. The van der Waals surface area contributed by atoms with E-state index in [9.17, 15) is 4.79 Å². The second-order valence-electron chi connectivity index (χ2n) is 5.74. The molecule has 0 saturated carbocycles. The predicted molar refractivity (Wildman–Crippen MR) is 99.6 cm³/mol. The van der Waals surface area contributed by atoms with Crippen molar-refractivity contribution in [1.29, 1.82) is 0 Å². The first kappa shape index (κ1) is 17.2. The van der Waals surface area contributed by atoms with Gasteiger partial charge >= 0.3 is 6.03 Å². The van der Waals surface area contributed by atoms with Gasteiger partial charge in [0.2, 0.25) is 5.95 Å². The first-order chi connectivity index (χ1) is 12.1. The number of thiocarbonyl (C=S) groups is 1. The fourth-order valence-corrected chi connectivity index (χ4v) is 2.72. The number of imidazole rings is 1. The SMILES string of the molecule is COc1cccc2nc(NC(=S)NNC(=O)N3CCN(C)CC3)[nH]c12. The first-order valence-corrected chi connectivity index (χ1v) is 8.31. The van der Waals surface area contributed by atoms with Gasteiger partial charge in [0, 0.05) is 26.2 Å². The molecule has 1 aliphatic heterocycles. The number of methoxy groups -OCH3 is 1. The van der Waals surface area contributed by atoms with Gasteiger partial charge in [-0.05, 0) is 31.4 Å². The molecule has 2 aromatic rings. The number of amides is 2. The van der Waals surface area contributed by atoms with Crippen molar-refractivity contribution in [3.8, 4) is 5.75 Å². The Morgan fingerprint density at radius 1 is 1.28 bits per heavy atom. The van der Waals surface area contributed by atoms with E-state index >= 15 is 0 Å². The Balaban J connectivity index is 1.53. The second kappa shape index (κ2) is 7.53. The Bertz CT molecular complexity index is 770. The maximum atomic E-state index is 12.1. The average molecular weight is 363 g/mol. The van der Waals surface area contributed by atoms with Gasteiger partial charge in [-0.2, -0.15) is 0 Å². The number of benzene rings is 1. The van der Waals surface area contributed by atoms with Crippen LogP contribution in [0.4, 0.5) is 10.7 Å². The molecule has 0 atom stereocenters. The molecular formula is C15H21N7O2S. The normalized spacial score (nSPS) is 15.0. The molecule has 4 N–H and O–H groups in total. The number of hydrogen-bond donors (Lipinski definition) is 4. The minimum absolute atomic E-state index is 0.205. The van der Waals surface area contributed by atoms with Crippen LogP contribution < -0.4 is 20.9 Å². The van der Waals surface area contributed by atoms with E-state index < -0.39 is 0 Å². The van der Waals surface area contributed by atoms with Crippen LogP contribution in [0.15, 0.2) is 18.2 Å². The summed E-state index contributed by atoms with van der Waals surface area (Å²) in [6.45, 7) is 3.09. The quantitative estimate of drug-likeness (QED) is 0.461. The average Bonchev–Trinajstić information content (AvgIpc) is 3.02. The third kappa shape index (κ3) is 4.09. The Morgan fingerprint density at radius 2 is 2.04 bits per heavy atom. The van der Waals surface area contributed by atoms with Crippen LogP contribution in [0.1, 0.15) is 0 Å². The van der Waals surface area contributed by atoms with Crippen molar-refractivity contribution >= 4 is 40.3 Å². The van der Waals surface area contributed by atoms with Gasteiger partial charge in [-0.1, -0.05) is 6.07 Å². The number of rotatable bonds is 2. The van der Waals surface area contributed by atoms with Crippen molar-refractivity contribution in [2.75, 3.05) is 45.7 Å². The van der Waals surface area contributed by atoms with Crippen molar-refractivity contribution in [3.63, 3.8) is 0 Å². The number of carbonyl (C=O) groups excluding carboxylic acids is 1. The highest BCUT2D eigenvalue weighted by atomic mass is 32.1. The van der Waals surface area contributed by atoms with E-state index in [1.807, 2.05) is 25.2 Å². The summed E-state index contributed by atoms with van der Waals surface area (Å²) in [5, 5.41) is 3.14. The second-order valence-corrected chi connectivity index (χ2v) is 6.15. The number of nitrogens with one attached hydrogen (secondary N) is 4. The number of piperazine rings is 1. The molecule has 10 heteroatoms. The van der Waals surface area contributed by atoms with Crippen LogP contribution >= 0.6 is 12.2 Å². The topological polar surface area (TPSA) is 97.5 Å². The van der Waals surface area contributed by atoms with E-state index in [1.165, 1.54) is 0 Å². The van der Waals surface area contributed by atoms with Crippen LogP contribution in [0.5, 0.6) is 5.75 Å². The zero-order chi connectivity index (χ0) is 17.8. The molecule has 1 saturated heterocycles. The van der Waals surface area contributed by atoms with Gasteiger partial charge in [-0.15, -0.1) is 0 Å². The number of aromatic amines is 1. The fraction of sp³-hybridized carbons (Fsp3) is 0.400. The van der Waals surface area contributed by atoms with Crippen molar-refractivity contribution in [1.82, 2.24) is 30.6 Å². The highest BCUT2D eigenvalue weighted by molar-refractivity contribution is 7.80. The lowest BCUT2D eigenvalue weighted by atomic mass is 10.3. The monoisotopic (exact) mass is 363 g/mol. The highest BCUT2D eigenvalue weighted by Gasteiger charge is 2.18. The van der Waals surface area contributed by atoms with Gasteiger partial charge in [0.25, 0.3) is 0 Å². The molecule has 0 aliphatic carbocycles. The number of hydrazine groups is 1. The van der Waals surface area contributed by atoms with Crippen LogP contribution in [-0.2, 0) is 0 Å². The van der Waals surface area contributed by atoms with E-state index in [4.69, 9.17) is 17.0 Å². The van der Waals surface area contributed by atoms with Crippen molar-refractivity contribution in [2.24, 2.45) is 0 Å². The van der Waals surface area contributed by atoms with Gasteiger partial charge in [-0.25, -0.2) is 15.2 Å². The van der Waals surface area contributed by atoms with E-state index in [2.05, 4.69) is 31.0 Å². The minimum atomic E-state index is -0.205. The van der Waals surface area contributed by atoms with E-state index in [1.54, 1.807) is 12.0 Å². The molecule has 3 rings (SSSR count). The molecule has 2 heterocycles. The summed E-state index contributed by atoms with van der Waals surface area (Å²) >= 11 is 5.19. The molecule has 0 radical (unpaired) electrons. The van der Waals surface area contributed by atoms with E-state index in [0.29, 0.717) is 24.8 Å². The number of anilines is 1. The Labute approximate surface area is 150 Å². The number of urea groups is 1. The predicted octanol–water partition coefficient (Wildman–Crippen LogP) is 0.730. The maximum Gasteiger partial charge on any atom is 0.336 e. The fourth-order valence-electron chi connectivity index (χ4n) is 2.57. The standard InChI is InChI=1S/C15H21N7O2S/c1-21-6-8-22(9-7-21)15(23)20-19-14(25)18-13-16-10-4-3-5-11(24-2)12(10)17-13/h3-5H,6-9H2,1-2H3,(H,20,23)(H3,16,17,18,19,25). The Kier molecular flexibility index (Phi) is 5.19. The van der Waals surface area contributed by atoms with Gasteiger partial charge < -0.3 is 24.8 Å². The van der Waals surface area contributed by atoms with E-state index in [-0.39, 0.29) is 11.1 Å². The molecule has 1 aromatic heterocycles. The molecule has 0 spiro atoms. The Morgan fingerprint density at radius 3 is 2.76 bits per heavy atom. The first-order valence-electron chi connectivity index (χ1n) is 7.90. The summed E-state index contributed by atoms with van der Waals surface area (Å²) in [6.07, 6.45) is 0. The smallest absolute Gasteiger partial charge is 0.336 e. The zero-order valence-electron chi connectivity index (χ0n) is 14.1. The number of para-hydroxylation sites is 1. The highest BCUT2D eigenvalue weighted by Crippen LogP contribution is 2.24. The molecule has 9 nitrogen and oxygen atoms in total. The third-order valence-corrected chi connectivity index (χ3v) is 4.21. The lowest BCUT2D eigenvalue weighted by Crippen LogP contribution is -2.55. The largest absolute Gasteiger partial charge is 0.494 e. The lowest BCUT2D eigenvalue weighted by Gasteiger charge is -2.32. The summed E-state index contributed by atoms with van der Waals surface area (Å²) in [5.41, 5.74) is 6.81. The summed E-state index contributed by atoms with van der Waals surface area (Å²) in [5.74, 6) is 1.16. The lowest BCUT2D eigenvalue weighted by molar-refractivity contribution is 0.153. The number of likely N-dealkylation sites (N-methyl/N-ethyl adjacent to an activating group) is 1. The molecule has 1 aromatic carbocycles. The van der Waals surface area contributed by atoms with Crippen LogP contribution in [0.3, 0.4) is 0 Å². The molecule has 134 valence electrons.